The van der Waals surface area contributed by atoms with Crippen molar-refractivity contribution in [1.82, 2.24) is 0 Å². The maximum absolute atomic E-state index is 2.39. The smallest absolute Gasteiger partial charge is 0.0467 e. The summed E-state index contributed by atoms with van der Waals surface area (Å²) in [6.07, 6.45) is 0. The fourth-order valence-corrected chi connectivity index (χ4v) is 10.4. The van der Waals surface area contributed by atoms with Crippen LogP contribution in [0.15, 0.2) is 200 Å². The summed E-state index contributed by atoms with van der Waals surface area (Å²) >= 11 is 3.73. The molecule has 0 bridgehead atoms. The van der Waals surface area contributed by atoms with E-state index < -0.39 is 0 Å². The number of nitrogens with zero attached hydrogens (tertiary/aromatic N) is 1. The molecule has 2 aromatic heterocycles. The Morgan fingerprint density at radius 3 is 1.67 bits per heavy atom. The van der Waals surface area contributed by atoms with Crippen LogP contribution in [0.3, 0.4) is 0 Å². The molecular weight excluding hydrogens is 703 g/mol. The molecule has 0 aliphatic carbocycles. The van der Waals surface area contributed by atoms with Crippen LogP contribution < -0.4 is 4.90 Å². The number of hydrogen-bond donors (Lipinski definition) is 0. The molecule has 258 valence electrons. The van der Waals surface area contributed by atoms with Crippen LogP contribution in [0.5, 0.6) is 0 Å². The lowest BCUT2D eigenvalue weighted by molar-refractivity contribution is 1.28. The lowest BCUT2D eigenvalue weighted by atomic mass is 9.98. The first-order chi connectivity index (χ1) is 27.2. The molecule has 0 radical (unpaired) electrons. The van der Waals surface area contributed by atoms with Crippen LogP contribution in [-0.4, -0.2) is 0 Å². The van der Waals surface area contributed by atoms with Gasteiger partial charge in [0.05, 0.1) is 0 Å². The average molecular weight is 736 g/mol. The molecule has 1 nitrogen and oxygen atoms in total. The maximum Gasteiger partial charge on any atom is 0.0467 e. The van der Waals surface area contributed by atoms with E-state index in [1.54, 1.807) is 0 Å². The molecule has 9 aromatic carbocycles. The van der Waals surface area contributed by atoms with Crippen molar-refractivity contribution < 1.29 is 0 Å². The monoisotopic (exact) mass is 735 g/mol. The third-order valence-corrected chi connectivity index (χ3v) is 13.1. The van der Waals surface area contributed by atoms with Gasteiger partial charge in [-0.1, -0.05) is 127 Å². The summed E-state index contributed by atoms with van der Waals surface area (Å²) < 4.78 is 5.29. The van der Waals surface area contributed by atoms with Crippen LogP contribution in [0.1, 0.15) is 0 Å². The summed E-state index contributed by atoms with van der Waals surface area (Å²) in [6.45, 7) is 0. The van der Waals surface area contributed by atoms with Gasteiger partial charge in [-0.2, -0.15) is 0 Å². The second-order valence-electron chi connectivity index (χ2n) is 14.1. The summed E-state index contributed by atoms with van der Waals surface area (Å²) in [6, 6.07) is 73.5. The Labute approximate surface area is 327 Å². The molecule has 0 N–H and O–H groups in total. The molecule has 0 aliphatic heterocycles. The highest BCUT2D eigenvalue weighted by atomic mass is 32.1. The van der Waals surface area contributed by atoms with Gasteiger partial charge in [0.25, 0.3) is 0 Å². The SMILES string of the molecule is c1cc(-c2ccc3sc4ccccc4c3c2)cc(N(c2ccc(-c3ccc4ccccc4c3)cc2)c2ccc(-c3cccc4sc5ccccc5c34)cc2)c1. The van der Waals surface area contributed by atoms with E-state index in [0.717, 1.165) is 17.1 Å². The molecule has 0 saturated heterocycles. The number of fused-ring (bicyclic) bond motifs is 7. The molecule has 0 fully saturated rings. The van der Waals surface area contributed by atoms with Gasteiger partial charge in [0.15, 0.2) is 0 Å². The minimum Gasteiger partial charge on any atom is -0.310 e. The van der Waals surface area contributed by atoms with Crippen LogP contribution >= 0.6 is 22.7 Å². The second-order valence-corrected chi connectivity index (χ2v) is 16.3. The Morgan fingerprint density at radius 2 is 0.855 bits per heavy atom. The number of rotatable bonds is 6. The van der Waals surface area contributed by atoms with Crippen molar-refractivity contribution in [2.45, 2.75) is 0 Å². The van der Waals surface area contributed by atoms with Gasteiger partial charge in [-0.3, -0.25) is 0 Å². The summed E-state index contributed by atoms with van der Waals surface area (Å²) in [5.74, 6) is 0. The number of anilines is 3. The molecule has 0 unspecified atom stereocenters. The second kappa shape index (κ2) is 13.1. The third kappa shape index (κ3) is 5.60. The lowest BCUT2D eigenvalue weighted by Gasteiger charge is -2.26. The largest absolute Gasteiger partial charge is 0.310 e. The van der Waals surface area contributed by atoms with Crippen molar-refractivity contribution in [1.29, 1.82) is 0 Å². The summed E-state index contributed by atoms with van der Waals surface area (Å²) in [5, 5.41) is 7.80. The highest BCUT2D eigenvalue weighted by Crippen LogP contribution is 2.43. The Hall–Kier alpha value is -6.52. The zero-order valence-corrected chi connectivity index (χ0v) is 31.4. The number of benzene rings is 9. The van der Waals surface area contributed by atoms with Crippen molar-refractivity contribution in [3.8, 4) is 33.4 Å². The van der Waals surface area contributed by atoms with Crippen molar-refractivity contribution >= 4 is 90.9 Å². The van der Waals surface area contributed by atoms with Gasteiger partial charge in [-0.05, 0) is 117 Å². The zero-order chi connectivity index (χ0) is 36.3. The fourth-order valence-electron chi connectivity index (χ4n) is 8.15. The Kier molecular flexibility index (Phi) is 7.61. The van der Waals surface area contributed by atoms with E-state index >= 15 is 0 Å². The summed E-state index contributed by atoms with van der Waals surface area (Å²) in [4.78, 5) is 2.39. The molecule has 11 aromatic rings. The van der Waals surface area contributed by atoms with Crippen molar-refractivity contribution in [2.24, 2.45) is 0 Å². The molecule has 0 saturated carbocycles. The molecule has 3 heteroatoms. The van der Waals surface area contributed by atoms with Gasteiger partial charge in [0.2, 0.25) is 0 Å². The van der Waals surface area contributed by atoms with E-state index in [-0.39, 0.29) is 0 Å². The van der Waals surface area contributed by atoms with Gasteiger partial charge < -0.3 is 4.90 Å². The molecule has 0 spiro atoms. The average Bonchev–Trinajstić information content (AvgIpc) is 3.83. The van der Waals surface area contributed by atoms with Crippen molar-refractivity contribution in [3.05, 3.63) is 200 Å². The minimum absolute atomic E-state index is 1.11. The predicted octanol–water partition coefficient (Wildman–Crippen LogP) is 16.0. The zero-order valence-electron chi connectivity index (χ0n) is 29.8. The van der Waals surface area contributed by atoms with Crippen LogP contribution in [0.2, 0.25) is 0 Å². The third-order valence-electron chi connectivity index (χ3n) is 10.9. The first-order valence-corrected chi connectivity index (χ1v) is 20.3. The molecule has 11 rings (SSSR count). The normalized spacial score (nSPS) is 11.6. The fraction of sp³-hybridized carbons (Fsp3) is 0. The van der Waals surface area contributed by atoms with Crippen molar-refractivity contribution in [2.75, 3.05) is 4.90 Å². The van der Waals surface area contributed by atoms with E-state index in [1.165, 1.54) is 84.5 Å². The molecule has 0 amide bonds. The van der Waals surface area contributed by atoms with Gasteiger partial charge in [-0.15, -0.1) is 22.7 Å². The number of hydrogen-bond acceptors (Lipinski definition) is 3. The van der Waals surface area contributed by atoms with Crippen LogP contribution in [0.25, 0.3) is 84.5 Å². The van der Waals surface area contributed by atoms with E-state index in [1.807, 2.05) is 22.7 Å². The van der Waals surface area contributed by atoms with Crippen LogP contribution in [0.4, 0.5) is 17.1 Å². The Morgan fingerprint density at radius 1 is 0.291 bits per heavy atom. The number of thiophene rings is 2. The predicted molar refractivity (Wildman–Crippen MR) is 241 cm³/mol. The topological polar surface area (TPSA) is 3.24 Å². The minimum atomic E-state index is 1.11. The van der Waals surface area contributed by atoms with Crippen molar-refractivity contribution in [3.63, 3.8) is 0 Å². The van der Waals surface area contributed by atoms with Gasteiger partial charge in [0.1, 0.15) is 0 Å². The highest BCUT2D eigenvalue weighted by Gasteiger charge is 2.17. The highest BCUT2D eigenvalue weighted by molar-refractivity contribution is 7.26. The van der Waals surface area contributed by atoms with Crippen LogP contribution in [0, 0.1) is 0 Å². The molecule has 0 aliphatic rings. The van der Waals surface area contributed by atoms with Gasteiger partial charge >= 0.3 is 0 Å². The lowest BCUT2D eigenvalue weighted by Crippen LogP contribution is -2.10. The van der Waals surface area contributed by atoms with Gasteiger partial charge in [-0.25, -0.2) is 0 Å². The van der Waals surface area contributed by atoms with E-state index in [0.29, 0.717) is 0 Å². The van der Waals surface area contributed by atoms with E-state index in [9.17, 15) is 0 Å². The Bertz CT molecular complexity index is 3200. The summed E-state index contributed by atoms with van der Waals surface area (Å²) in [5.41, 5.74) is 10.7. The quantitative estimate of drug-likeness (QED) is 0.164. The standard InChI is InChI=1S/C52H33NS2/c1-2-10-37-31-39(20-19-34(37)9-1)35-21-26-41(27-22-35)53(42-28-23-36(24-29-42)44-15-8-18-51-52(44)46-14-4-6-17-49(46)55-51)43-12-7-11-38(32-43)40-25-30-50-47(33-40)45-13-3-5-16-48(45)54-50/h1-33H. The molecule has 55 heavy (non-hydrogen) atoms. The first kappa shape index (κ1) is 32.0. The van der Waals surface area contributed by atoms with Crippen LogP contribution in [-0.2, 0) is 0 Å². The van der Waals surface area contributed by atoms with E-state index in [4.69, 9.17) is 0 Å². The molecule has 2 heterocycles. The van der Waals surface area contributed by atoms with E-state index in [2.05, 4.69) is 205 Å². The molecule has 0 atom stereocenters. The summed E-state index contributed by atoms with van der Waals surface area (Å²) in [7, 11) is 0. The van der Waals surface area contributed by atoms with Gasteiger partial charge in [0, 0.05) is 57.4 Å². The first-order valence-electron chi connectivity index (χ1n) is 18.7. The Balaban J connectivity index is 1.02. The molecular formula is C52H33NS2. The maximum atomic E-state index is 2.39.